The summed E-state index contributed by atoms with van der Waals surface area (Å²) in [5, 5.41) is 4.89. The van der Waals surface area contributed by atoms with E-state index < -0.39 is 0 Å². The number of piperazine rings is 1. The van der Waals surface area contributed by atoms with Crippen LogP contribution in [0.3, 0.4) is 0 Å². The van der Waals surface area contributed by atoms with Crippen LogP contribution < -0.4 is 10.9 Å². The van der Waals surface area contributed by atoms with E-state index in [-0.39, 0.29) is 5.56 Å². The molecule has 2 aliphatic rings. The second-order valence-electron chi connectivity index (χ2n) is 7.00. The van der Waals surface area contributed by atoms with Crippen LogP contribution in [-0.4, -0.2) is 57.6 Å². The third-order valence-electron chi connectivity index (χ3n) is 5.23. The number of H-pyrrole nitrogens is 1. The van der Waals surface area contributed by atoms with Crippen LogP contribution in [0.1, 0.15) is 36.0 Å². The number of hydrogen-bond acceptors (Lipinski definition) is 5. The molecule has 0 radical (unpaired) electrons. The van der Waals surface area contributed by atoms with Gasteiger partial charge in [0.25, 0.3) is 5.56 Å². The molecule has 0 unspecified atom stereocenters. The zero-order chi connectivity index (χ0) is 18.1. The lowest BCUT2D eigenvalue weighted by Gasteiger charge is -2.35. The van der Waals surface area contributed by atoms with Gasteiger partial charge in [0.05, 0.1) is 11.9 Å². The molecule has 1 fully saturated rings. The Labute approximate surface area is 162 Å². The van der Waals surface area contributed by atoms with Crippen molar-refractivity contribution in [3.63, 3.8) is 0 Å². The molecule has 6 nitrogen and oxygen atoms in total. The van der Waals surface area contributed by atoms with Gasteiger partial charge in [-0.15, -0.1) is 11.3 Å². The molecule has 2 aromatic heterocycles. The average molecular weight is 392 g/mol. The van der Waals surface area contributed by atoms with Crippen molar-refractivity contribution in [1.82, 2.24) is 25.1 Å². The molecular formula is C18H25N5OS2. The van der Waals surface area contributed by atoms with E-state index in [2.05, 4.69) is 27.0 Å². The number of thiophene rings is 1. The van der Waals surface area contributed by atoms with Crippen LogP contribution in [0.5, 0.6) is 0 Å². The molecule has 2 N–H and O–H groups in total. The van der Waals surface area contributed by atoms with Crippen LogP contribution >= 0.6 is 23.6 Å². The zero-order valence-electron chi connectivity index (χ0n) is 15.1. The van der Waals surface area contributed by atoms with E-state index in [0.29, 0.717) is 6.54 Å². The summed E-state index contributed by atoms with van der Waals surface area (Å²) in [7, 11) is 0. The van der Waals surface area contributed by atoms with E-state index in [0.717, 1.165) is 66.7 Å². The normalized spacial score (nSPS) is 18.1. The maximum Gasteiger partial charge on any atom is 0.259 e. The van der Waals surface area contributed by atoms with Gasteiger partial charge in [-0.2, -0.15) is 0 Å². The Hall–Kier alpha value is -1.51. The molecular weight excluding hydrogens is 366 g/mol. The Kier molecular flexibility index (Phi) is 5.24. The molecule has 1 aliphatic heterocycles. The summed E-state index contributed by atoms with van der Waals surface area (Å²) >= 11 is 7.11. The van der Waals surface area contributed by atoms with Gasteiger partial charge in [-0.1, -0.05) is 0 Å². The monoisotopic (exact) mass is 391 g/mol. The Morgan fingerprint density at radius 3 is 2.81 bits per heavy atom. The van der Waals surface area contributed by atoms with Crippen molar-refractivity contribution in [3.05, 3.63) is 26.6 Å². The maximum atomic E-state index is 12.6. The lowest BCUT2D eigenvalue weighted by Crippen LogP contribution is -2.51. The van der Waals surface area contributed by atoms with E-state index in [1.165, 1.54) is 23.3 Å². The number of aromatic amines is 1. The summed E-state index contributed by atoms with van der Waals surface area (Å²) in [6.45, 7) is 7.27. The predicted molar refractivity (Wildman–Crippen MR) is 110 cm³/mol. The SMILES string of the molecule is CCNC(=S)N1CCN(Cc2nc3sc4c(c3c(=O)[nH]2)CCCC4)CC1. The summed E-state index contributed by atoms with van der Waals surface area (Å²) < 4.78 is 0. The van der Waals surface area contributed by atoms with Crippen molar-refractivity contribution in [2.45, 2.75) is 39.2 Å². The molecule has 140 valence electrons. The number of aromatic nitrogens is 2. The van der Waals surface area contributed by atoms with Crippen LogP contribution in [0.15, 0.2) is 4.79 Å². The van der Waals surface area contributed by atoms with Crippen molar-refractivity contribution in [2.75, 3.05) is 32.7 Å². The minimum atomic E-state index is 0.0383. The average Bonchev–Trinajstić information content (AvgIpc) is 3.01. The van der Waals surface area contributed by atoms with Crippen molar-refractivity contribution < 1.29 is 0 Å². The smallest absolute Gasteiger partial charge is 0.259 e. The van der Waals surface area contributed by atoms with Crippen molar-refractivity contribution in [1.29, 1.82) is 0 Å². The van der Waals surface area contributed by atoms with Gasteiger partial charge in [0.2, 0.25) is 0 Å². The molecule has 0 amide bonds. The summed E-state index contributed by atoms with van der Waals surface area (Å²) in [6.07, 6.45) is 4.52. The first-order valence-electron chi connectivity index (χ1n) is 9.44. The fraction of sp³-hybridized carbons (Fsp3) is 0.611. The number of aryl methyl sites for hydroxylation is 2. The third-order valence-corrected chi connectivity index (χ3v) is 6.82. The molecule has 1 aliphatic carbocycles. The largest absolute Gasteiger partial charge is 0.363 e. The fourth-order valence-corrected chi connectivity index (χ4v) is 5.48. The quantitative estimate of drug-likeness (QED) is 0.779. The number of nitrogens with one attached hydrogen (secondary N) is 2. The van der Waals surface area contributed by atoms with Crippen LogP contribution in [-0.2, 0) is 19.4 Å². The Bertz CT molecular complexity index is 866. The van der Waals surface area contributed by atoms with Crippen LogP contribution in [0, 0.1) is 0 Å². The number of hydrogen-bond donors (Lipinski definition) is 2. The molecule has 2 aromatic rings. The number of nitrogens with zero attached hydrogens (tertiary/aromatic N) is 3. The molecule has 26 heavy (non-hydrogen) atoms. The highest BCUT2D eigenvalue weighted by Gasteiger charge is 2.22. The summed E-state index contributed by atoms with van der Waals surface area (Å²) in [5.74, 6) is 0.781. The van der Waals surface area contributed by atoms with Crippen LogP contribution in [0.4, 0.5) is 0 Å². The van der Waals surface area contributed by atoms with Crippen molar-refractivity contribution in [2.24, 2.45) is 0 Å². The second-order valence-corrected chi connectivity index (χ2v) is 8.47. The molecule has 3 heterocycles. The fourth-order valence-electron chi connectivity index (χ4n) is 3.87. The highest BCUT2D eigenvalue weighted by Crippen LogP contribution is 2.33. The third kappa shape index (κ3) is 3.50. The first-order valence-corrected chi connectivity index (χ1v) is 10.7. The number of rotatable bonds is 3. The molecule has 0 atom stereocenters. The van der Waals surface area contributed by atoms with Crippen molar-refractivity contribution >= 4 is 38.9 Å². The van der Waals surface area contributed by atoms with E-state index in [4.69, 9.17) is 17.2 Å². The van der Waals surface area contributed by atoms with Crippen LogP contribution in [0.2, 0.25) is 0 Å². The zero-order valence-corrected chi connectivity index (χ0v) is 16.8. The Morgan fingerprint density at radius 2 is 2.04 bits per heavy atom. The van der Waals surface area contributed by atoms with E-state index in [9.17, 15) is 4.79 Å². The van der Waals surface area contributed by atoms with Gasteiger partial charge < -0.3 is 15.2 Å². The predicted octanol–water partition coefficient (Wildman–Crippen LogP) is 1.88. The lowest BCUT2D eigenvalue weighted by molar-refractivity contribution is 0.171. The Balaban J connectivity index is 1.47. The molecule has 0 saturated carbocycles. The van der Waals surface area contributed by atoms with Gasteiger partial charge >= 0.3 is 0 Å². The van der Waals surface area contributed by atoms with Gasteiger partial charge in [0.15, 0.2) is 5.11 Å². The standard InChI is InChI=1S/C18H25N5OS2/c1-2-19-18(25)23-9-7-22(8-10-23)11-14-20-16(24)15-12-5-3-4-6-13(12)26-17(15)21-14/h2-11H2,1H3,(H,19,25)(H,20,21,24). The second kappa shape index (κ2) is 7.62. The highest BCUT2D eigenvalue weighted by molar-refractivity contribution is 7.80. The molecule has 4 rings (SSSR count). The van der Waals surface area contributed by atoms with Gasteiger partial charge in [0, 0.05) is 37.6 Å². The van der Waals surface area contributed by atoms with E-state index in [1.807, 2.05) is 0 Å². The van der Waals surface area contributed by atoms with Crippen molar-refractivity contribution in [3.8, 4) is 0 Å². The van der Waals surface area contributed by atoms with Gasteiger partial charge in [-0.3, -0.25) is 9.69 Å². The maximum absolute atomic E-state index is 12.6. The highest BCUT2D eigenvalue weighted by atomic mass is 32.1. The Morgan fingerprint density at radius 1 is 1.27 bits per heavy atom. The summed E-state index contributed by atoms with van der Waals surface area (Å²) in [6, 6.07) is 0. The minimum absolute atomic E-state index is 0.0383. The van der Waals surface area contributed by atoms with E-state index in [1.54, 1.807) is 11.3 Å². The number of fused-ring (bicyclic) bond motifs is 3. The van der Waals surface area contributed by atoms with Gasteiger partial charge in [-0.05, 0) is 50.4 Å². The lowest BCUT2D eigenvalue weighted by atomic mass is 9.97. The summed E-state index contributed by atoms with van der Waals surface area (Å²) in [4.78, 5) is 27.3. The van der Waals surface area contributed by atoms with Gasteiger partial charge in [-0.25, -0.2) is 4.98 Å². The molecule has 0 aromatic carbocycles. The number of thiocarbonyl (C=S) groups is 1. The van der Waals surface area contributed by atoms with Crippen LogP contribution in [0.25, 0.3) is 10.2 Å². The molecule has 0 bridgehead atoms. The first kappa shape index (κ1) is 17.9. The molecule has 0 spiro atoms. The molecule has 1 saturated heterocycles. The van der Waals surface area contributed by atoms with E-state index >= 15 is 0 Å². The molecule has 8 heteroatoms. The summed E-state index contributed by atoms with van der Waals surface area (Å²) in [5.41, 5.74) is 1.29. The van der Waals surface area contributed by atoms with Gasteiger partial charge in [0.1, 0.15) is 10.7 Å². The minimum Gasteiger partial charge on any atom is -0.363 e. The first-order chi connectivity index (χ1) is 12.7. The topological polar surface area (TPSA) is 64.3 Å².